The number of nitrogens with one attached hydrogen (secondary N) is 1. The Morgan fingerprint density at radius 3 is 2.52 bits per heavy atom. The molecule has 2 rings (SSSR count). The fourth-order valence-corrected chi connectivity index (χ4v) is 2.47. The van der Waals surface area contributed by atoms with Crippen LogP contribution in [0.4, 0.5) is 0 Å². The van der Waals surface area contributed by atoms with Crippen molar-refractivity contribution in [1.82, 2.24) is 5.32 Å². The lowest BCUT2D eigenvalue weighted by Gasteiger charge is -2.15. The van der Waals surface area contributed by atoms with Gasteiger partial charge in [0, 0.05) is 4.47 Å². The van der Waals surface area contributed by atoms with Gasteiger partial charge in [-0.15, -0.1) is 0 Å². The van der Waals surface area contributed by atoms with Gasteiger partial charge >= 0.3 is 0 Å². The summed E-state index contributed by atoms with van der Waals surface area (Å²) in [4.78, 5) is 12.3. The number of carbonyl (C=O) groups excluding carboxylic acids is 1. The second-order valence-electron chi connectivity index (χ2n) is 4.87. The molecule has 0 aliphatic heterocycles. The molecule has 3 nitrogen and oxygen atoms in total. The fourth-order valence-electron chi connectivity index (χ4n) is 2.03. The third kappa shape index (κ3) is 3.50. The molecule has 4 heteroatoms. The van der Waals surface area contributed by atoms with Gasteiger partial charge in [0.2, 0.25) is 0 Å². The Morgan fingerprint density at radius 1 is 1.24 bits per heavy atom. The topological polar surface area (TPSA) is 52.9 Å². The first-order valence-corrected chi connectivity index (χ1v) is 7.38. The van der Waals surface area contributed by atoms with E-state index in [0.717, 1.165) is 15.6 Å². The lowest BCUT2D eigenvalue weighted by Crippen LogP contribution is -2.27. The van der Waals surface area contributed by atoms with Crippen LogP contribution in [0, 0.1) is 18.3 Å². The molecule has 1 unspecified atom stereocenters. The minimum Gasteiger partial charge on any atom is -0.345 e. The zero-order valence-corrected chi connectivity index (χ0v) is 13.4. The predicted octanol–water partition coefficient (Wildman–Crippen LogP) is 4.12. The van der Waals surface area contributed by atoms with Crippen LogP contribution in [0.2, 0.25) is 0 Å². The predicted molar refractivity (Wildman–Crippen MR) is 85.9 cm³/mol. The average Bonchev–Trinajstić information content (AvgIpc) is 2.50. The quantitative estimate of drug-likeness (QED) is 0.911. The molecule has 0 aromatic heterocycles. The standard InChI is InChI=1S/C17H15BrN2O/c1-11-4-3-5-15(16(11)18)17(21)20-12(2)14-8-6-13(10-19)7-9-14/h3-9,12H,1-2H3,(H,20,21). The minimum atomic E-state index is -0.127. The van der Waals surface area contributed by atoms with E-state index in [1.54, 1.807) is 18.2 Å². The molecule has 106 valence electrons. The maximum absolute atomic E-state index is 12.3. The van der Waals surface area contributed by atoms with Crippen molar-refractivity contribution in [3.05, 3.63) is 69.2 Å². The molecule has 1 amide bonds. The lowest BCUT2D eigenvalue weighted by atomic mass is 10.1. The summed E-state index contributed by atoms with van der Waals surface area (Å²) in [5, 5.41) is 11.8. The van der Waals surface area contributed by atoms with Crippen molar-refractivity contribution in [1.29, 1.82) is 5.26 Å². The largest absolute Gasteiger partial charge is 0.345 e. The monoisotopic (exact) mass is 342 g/mol. The van der Waals surface area contributed by atoms with Crippen LogP contribution in [0.25, 0.3) is 0 Å². The highest BCUT2D eigenvalue weighted by Gasteiger charge is 2.14. The van der Waals surface area contributed by atoms with Crippen molar-refractivity contribution in [3.8, 4) is 6.07 Å². The molecule has 2 aromatic carbocycles. The summed E-state index contributed by atoms with van der Waals surface area (Å²) in [5.74, 6) is -0.123. The van der Waals surface area contributed by atoms with Crippen LogP contribution in [0.5, 0.6) is 0 Å². The van der Waals surface area contributed by atoms with Crippen LogP contribution < -0.4 is 5.32 Å². The van der Waals surface area contributed by atoms with Gasteiger partial charge in [0.1, 0.15) is 0 Å². The van der Waals surface area contributed by atoms with Gasteiger partial charge < -0.3 is 5.32 Å². The Morgan fingerprint density at radius 2 is 1.90 bits per heavy atom. The van der Waals surface area contributed by atoms with Gasteiger partial charge in [0.15, 0.2) is 0 Å². The number of hydrogen-bond donors (Lipinski definition) is 1. The van der Waals surface area contributed by atoms with Gasteiger partial charge in [-0.05, 0) is 59.1 Å². The van der Waals surface area contributed by atoms with Crippen LogP contribution in [0.3, 0.4) is 0 Å². The van der Waals surface area contributed by atoms with Gasteiger partial charge in [-0.1, -0.05) is 24.3 Å². The van der Waals surface area contributed by atoms with Crippen molar-refractivity contribution in [2.45, 2.75) is 19.9 Å². The molecule has 0 spiro atoms. The molecule has 0 heterocycles. The summed E-state index contributed by atoms with van der Waals surface area (Å²) in [6, 6.07) is 14.8. The summed E-state index contributed by atoms with van der Waals surface area (Å²) in [6.45, 7) is 3.87. The summed E-state index contributed by atoms with van der Waals surface area (Å²) in [6.07, 6.45) is 0. The van der Waals surface area contributed by atoms with Crippen molar-refractivity contribution >= 4 is 21.8 Å². The van der Waals surface area contributed by atoms with Crippen LogP contribution in [0.15, 0.2) is 46.9 Å². The molecule has 0 saturated heterocycles. The Labute approximate surface area is 132 Å². The highest BCUT2D eigenvalue weighted by molar-refractivity contribution is 9.10. The van der Waals surface area contributed by atoms with Crippen LogP contribution >= 0.6 is 15.9 Å². The number of halogens is 1. The van der Waals surface area contributed by atoms with E-state index in [4.69, 9.17) is 5.26 Å². The van der Waals surface area contributed by atoms with Gasteiger partial charge in [0.25, 0.3) is 5.91 Å². The number of rotatable bonds is 3. The normalized spacial score (nSPS) is 11.5. The minimum absolute atomic E-state index is 0.123. The summed E-state index contributed by atoms with van der Waals surface area (Å²) in [5.41, 5.74) is 3.22. The Bertz CT molecular complexity index is 702. The molecule has 0 bridgehead atoms. The molecular weight excluding hydrogens is 328 g/mol. The first-order valence-electron chi connectivity index (χ1n) is 6.59. The van der Waals surface area contributed by atoms with E-state index in [0.29, 0.717) is 11.1 Å². The van der Waals surface area contributed by atoms with Gasteiger partial charge in [-0.2, -0.15) is 5.26 Å². The van der Waals surface area contributed by atoms with Crippen molar-refractivity contribution in [2.24, 2.45) is 0 Å². The maximum atomic E-state index is 12.3. The summed E-state index contributed by atoms with van der Waals surface area (Å²) < 4.78 is 0.814. The van der Waals surface area contributed by atoms with Crippen molar-refractivity contribution in [3.63, 3.8) is 0 Å². The lowest BCUT2D eigenvalue weighted by molar-refractivity contribution is 0.0939. The number of benzene rings is 2. The first-order chi connectivity index (χ1) is 10.0. The van der Waals surface area contributed by atoms with Crippen LogP contribution in [-0.4, -0.2) is 5.91 Å². The van der Waals surface area contributed by atoms with E-state index in [2.05, 4.69) is 27.3 Å². The molecule has 1 N–H and O–H groups in total. The zero-order chi connectivity index (χ0) is 15.4. The molecule has 2 aromatic rings. The second-order valence-corrected chi connectivity index (χ2v) is 5.66. The Hall–Kier alpha value is -2.12. The van der Waals surface area contributed by atoms with E-state index in [1.165, 1.54) is 0 Å². The molecule has 0 aliphatic carbocycles. The van der Waals surface area contributed by atoms with Gasteiger partial charge in [-0.25, -0.2) is 0 Å². The number of nitrogens with zero attached hydrogens (tertiary/aromatic N) is 1. The van der Waals surface area contributed by atoms with Gasteiger partial charge in [0.05, 0.1) is 23.2 Å². The number of carbonyl (C=O) groups is 1. The third-order valence-electron chi connectivity index (χ3n) is 3.32. The number of aryl methyl sites for hydroxylation is 1. The highest BCUT2D eigenvalue weighted by atomic mass is 79.9. The Kier molecular flexibility index (Phi) is 4.77. The molecule has 21 heavy (non-hydrogen) atoms. The molecular formula is C17H15BrN2O. The number of amides is 1. The average molecular weight is 343 g/mol. The van der Waals surface area contributed by atoms with Crippen molar-refractivity contribution < 1.29 is 4.79 Å². The van der Waals surface area contributed by atoms with E-state index >= 15 is 0 Å². The van der Waals surface area contributed by atoms with Crippen LogP contribution in [-0.2, 0) is 0 Å². The Balaban J connectivity index is 2.15. The van der Waals surface area contributed by atoms with E-state index in [1.807, 2.05) is 38.1 Å². The third-order valence-corrected chi connectivity index (χ3v) is 4.38. The number of hydrogen-bond acceptors (Lipinski definition) is 2. The van der Waals surface area contributed by atoms with E-state index in [9.17, 15) is 4.79 Å². The van der Waals surface area contributed by atoms with Crippen LogP contribution in [0.1, 0.15) is 40.0 Å². The van der Waals surface area contributed by atoms with Crippen molar-refractivity contribution in [2.75, 3.05) is 0 Å². The maximum Gasteiger partial charge on any atom is 0.252 e. The van der Waals surface area contributed by atoms with Gasteiger partial charge in [-0.3, -0.25) is 4.79 Å². The first kappa shape index (κ1) is 15.3. The highest BCUT2D eigenvalue weighted by Crippen LogP contribution is 2.22. The molecule has 0 saturated carbocycles. The molecule has 0 aliphatic rings. The molecule has 1 atom stereocenters. The van der Waals surface area contributed by atoms with E-state index in [-0.39, 0.29) is 11.9 Å². The molecule has 0 radical (unpaired) electrons. The smallest absolute Gasteiger partial charge is 0.252 e. The fraction of sp³-hybridized carbons (Fsp3) is 0.176. The molecule has 0 fully saturated rings. The number of nitriles is 1. The zero-order valence-electron chi connectivity index (χ0n) is 11.9. The van der Waals surface area contributed by atoms with E-state index < -0.39 is 0 Å². The SMILES string of the molecule is Cc1cccc(C(=O)NC(C)c2ccc(C#N)cc2)c1Br. The summed E-state index contributed by atoms with van der Waals surface area (Å²) in [7, 11) is 0. The second kappa shape index (κ2) is 6.55. The summed E-state index contributed by atoms with van der Waals surface area (Å²) >= 11 is 3.45.